The first-order valence-electron chi connectivity index (χ1n) is 6.81. The van der Waals surface area contributed by atoms with Gasteiger partial charge in [0.15, 0.2) is 0 Å². The van der Waals surface area contributed by atoms with E-state index in [1.165, 1.54) is 10.9 Å². The van der Waals surface area contributed by atoms with Crippen molar-refractivity contribution in [2.24, 2.45) is 5.92 Å². The van der Waals surface area contributed by atoms with Crippen molar-refractivity contribution < 1.29 is 21.6 Å². The van der Waals surface area contributed by atoms with Crippen LogP contribution in [-0.4, -0.2) is 41.8 Å². The summed E-state index contributed by atoms with van der Waals surface area (Å²) in [5.74, 6) is 0.0170. The van der Waals surface area contributed by atoms with Gasteiger partial charge in [0.25, 0.3) is 0 Å². The van der Waals surface area contributed by atoms with Crippen molar-refractivity contribution in [1.82, 2.24) is 14.1 Å². The molecule has 1 saturated carbocycles. The van der Waals surface area contributed by atoms with E-state index in [-0.39, 0.29) is 17.4 Å². The molecule has 1 fully saturated rings. The molecule has 5 nitrogen and oxygen atoms in total. The van der Waals surface area contributed by atoms with Gasteiger partial charge in [0.2, 0.25) is 10.0 Å². The third-order valence-corrected chi connectivity index (χ3v) is 5.38. The molecule has 120 valence electrons. The summed E-state index contributed by atoms with van der Waals surface area (Å²) in [5.41, 5.74) is 0. The second-order valence-corrected chi connectivity index (χ2v) is 7.18. The highest BCUT2D eigenvalue weighted by molar-refractivity contribution is 7.89. The Morgan fingerprint density at radius 2 is 2.10 bits per heavy atom. The molecule has 1 heterocycles. The van der Waals surface area contributed by atoms with Crippen molar-refractivity contribution in [1.29, 1.82) is 0 Å². The van der Waals surface area contributed by atoms with E-state index in [1.807, 2.05) is 0 Å². The molecule has 9 heteroatoms. The fraction of sp³-hybridized carbons (Fsp3) is 0.750. The fourth-order valence-corrected chi connectivity index (χ4v) is 3.67. The number of hydrogen-bond donors (Lipinski definition) is 0. The highest BCUT2D eigenvalue weighted by Gasteiger charge is 2.39. The summed E-state index contributed by atoms with van der Waals surface area (Å²) in [4.78, 5) is -0.187. The minimum Gasteiger partial charge on any atom is -0.272 e. The molecule has 1 aliphatic carbocycles. The summed E-state index contributed by atoms with van der Waals surface area (Å²) >= 11 is 0. The minimum absolute atomic E-state index is 0.0170. The average Bonchev–Trinajstić information content (AvgIpc) is 2.79. The molecule has 0 spiro atoms. The van der Waals surface area contributed by atoms with E-state index in [9.17, 15) is 21.6 Å². The van der Waals surface area contributed by atoms with Crippen LogP contribution in [0.2, 0.25) is 0 Å². The van der Waals surface area contributed by atoms with Crippen LogP contribution < -0.4 is 0 Å². The van der Waals surface area contributed by atoms with Gasteiger partial charge in [0.05, 0.1) is 6.20 Å². The summed E-state index contributed by atoms with van der Waals surface area (Å²) in [7, 11) is -4.16. The van der Waals surface area contributed by atoms with E-state index < -0.39 is 22.7 Å². The van der Waals surface area contributed by atoms with E-state index in [0.29, 0.717) is 10.8 Å². The second-order valence-electron chi connectivity index (χ2n) is 5.24. The van der Waals surface area contributed by atoms with Crippen LogP contribution in [0.1, 0.15) is 26.2 Å². The minimum atomic E-state index is -4.56. The summed E-state index contributed by atoms with van der Waals surface area (Å²) in [6.45, 7) is 0.685. The van der Waals surface area contributed by atoms with E-state index in [2.05, 4.69) is 5.10 Å². The van der Waals surface area contributed by atoms with Crippen molar-refractivity contribution in [3.8, 4) is 0 Å². The largest absolute Gasteiger partial charge is 0.402 e. The maximum Gasteiger partial charge on any atom is 0.402 e. The standard InChI is InChI=1S/C12H18F3N3O2S/c1-2-17-8-11(6-16-17)21(19,20)18(9-12(13,14)15)7-10-4-3-5-10/h6,8,10H,2-5,7,9H2,1H3. The Labute approximate surface area is 121 Å². The van der Waals surface area contributed by atoms with Crippen LogP contribution in [-0.2, 0) is 16.6 Å². The molecule has 0 N–H and O–H groups in total. The molecular formula is C12H18F3N3O2S. The Balaban J connectivity index is 2.23. The van der Waals surface area contributed by atoms with E-state index in [4.69, 9.17) is 0 Å². The van der Waals surface area contributed by atoms with Gasteiger partial charge in [-0.3, -0.25) is 4.68 Å². The number of nitrogens with zero attached hydrogens (tertiary/aromatic N) is 3. The lowest BCUT2D eigenvalue weighted by Gasteiger charge is -2.31. The number of aryl methyl sites for hydroxylation is 1. The molecule has 0 aromatic carbocycles. The number of hydrogen-bond acceptors (Lipinski definition) is 3. The van der Waals surface area contributed by atoms with Crippen molar-refractivity contribution in [3.63, 3.8) is 0 Å². The van der Waals surface area contributed by atoms with Gasteiger partial charge in [-0.15, -0.1) is 0 Å². The van der Waals surface area contributed by atoms with Gasteiger partial charge >= 0.3 is 6.18 Å². The molecule has 21 heavy (non-hydrogen) atoms. The fourth-order valence-electron chi connectivity index (χ4n) is 2.21. The molecule has 0 aliphatic heterocycles. The van der Waals surface area contributed by atoms with Crippen molar-refractivity contribution in [2.75, 3.05) is 13.1 Å². The quantitative estimate of drug-likeness (QED) is 0.806. The van der Waals surface area contributed by atoms with E-state index in [1.54, 1.807) is 6.92 Å². The highest BCUT2D eigenvalue weighted by Crippen LogP contribution is 2.31. The molecular weight excluding hydrogens is 307 g/mol. The molecule has 1 aromatic rings. The van der Waals surface area contributed by atoms with E-state index in [0.717, 1.165) is 25.5 Å². The zero-order valence-corrected chi connectivity index (χ0v) is 12.5. The lowest BCUT2D eigenvalue weighted by atomic mass is 9.85. The van der Waals surface area contributed by atoms with Crippen LogP contribution in [0.4, 0.5) is 13.2 Å². The van der Waals surface area contributed by atoms with Gasteiger partial charge in [0.1, 0.15) is 11.4 Å². The maximum absolute atomic E-state index is 12.7. The molecule has 0 unspecified atom stereocenters. The van der Waals surface area contributed by atoms with Crippen LogP contribution in [0.25, 0.3) is 0 Å². The van der Waals surface area contributed by atoms with Gasteiger partial charge in [0, 0.05) is 19.3 Å². The topological polar surface area (TPSA) is 55.2 Å². The molecule has 0 saturated heterocycles. The Hall–Kier alpha value is -1.09. The van der Waals surface area contributed by atoms with Crippen molar-refractivity contribution in [3.05, 3.63) is 12.4 Å². The van der Waals surface area contributed by atoms with Crippen molar-refractivity contribution >= 4 is 10.0 Å². The average molecular weight is 325 g/mol. The SMILES string of the molecule is CCn1cc(S(=O)(=O)N(CC2CCC2)CC(F)(F)F)cn1. The number of rotatable bonds is 6. The third kappa shape index (κ3) is 3.97. The van der Waals surface area contributed by atoms with Gasteiger partial charge in [-0.05, 0) is 25.7 Å². The number of sulfonamides is 1. The predicted molar refractivity (Wildman–Crippen MR) is 70.1 cm³/mol. The van der Waals surface area contributed by atoms with Gasteiger partial charge < -0.3 is 0 Å². The Morgan fingerprint density at radius 3 is 2.52 bits per heavy atom. The first kappa shape index (κ1) is 16.3. The maximum atomic E-state index is 12.7. The predicted octanol–water partition coefficient (Wildman–Crippen LogP) is 2.26. The first-order valence-corrected chi connectivity index (χ1v) is 8.25. The molecule has 0 bridgehead atoms. The summed E-state index contributed by atoms with van der Waals surface area (Å²) in [6, 6.07) is 0. The Kier molecular flexibility index (Phi) is 4.62. The van der Waals surface area contributed by atoms with Gasteiger partial charge in [-0.2, -0.15) is 22.6 Å². The van der Waals surface area contributed by atoms with Gasteiger partial charge in [-0.25, -0.2) is 8.42 Å². The summed E-state index contributed by atoms with van der Waals surface area (Å²) < 4.78 is 64.7. The zero-order valence-electron chi connectivity index (χ0n) is 11.7. The normalized spacial score (nSPS) is 17.2. The smallest absolute Gasteiger partial charge is 0.272 e. The molecule has 0 amide bonds. The van der Waals surface area contributed by atoms with Crippen molar-refractivity contribution in [2.45, 2.75) is 43.8 Å². The number of aromatic nitrogens is 2. The van der Waals surface area contributed by atoms with Crippen LogP contribution in [0.15, 0.2) is 17.3 Å². The first-order chi connectivity index (χ1) is 9.72. The monoisotopic (exact) mass is 325 g/mol. The molecule has 0 atom stereocenters. The molecule has 1 aliphatic rings. The van der Waals surface area contributed by atoms with Crippen LogP contribution in [0.3, 0.4) is 0 Å². The molecule has 0 radical (unpaired) electrons. The summed E-state index contributed by atoms with van der Waals surface area (Å²) in [5, 5.41) is 3.82. The second kappa shape index (κ2) is 5.96. The number of halogens is 3. The van der Waals surface area contributed by atoms with Crippen LogP contribution in [0.5, 0.6) is 0 Å². The lowest BCUT2D eigenvalue weighted by Crippen LogP contribution is -2.42. The van der Waals surface area contributed by atoms with Crippen LogP contribution in [0, 0.1) is 5.92 Å². The van der Waals surface area contributed by atoms with Crippen LogP contribution >= 0.6 is 0 Å². The zero-order chi connectivity index (χ0) is 15.7. The Morgan fingerprint density at radius 1 is 1.43 bits per heavy atom. The van der Waals surface area contributed by atoms with E-state index >= 15 is 0 Å². The summed E-state index contributed by atoms with van der Waals surface area (Å²) in [6.07, 6.45) is 0.300. The molecule has 2 rings (SSSR count). The highest BCUT2D eigenvalue weighted by atomic mass is 32.2. The third-order valence-electron chi connectivity index (χ3n) is 3.61. The van der Waals surface area contributed by atoms with Gasteiger partial charge in [-0.1, -0.05) is 6.42 Å². The Bertz CT molecular complexity index is 579. The lowest BCUT2D eigenvalue weighted by molar-refractivity contribution is -0.137. The number of alkyl halides is 3. The molecule has 1 aromatic heterocycles.